The average molecular weight is 375 g/mol. The van der Waals surface area contributed by atoms with Crippen LogP contribution in [0.4, 0.5) is 0 Å². The first-order valence-corrected chi connectivity index (χ1v) is 10.9. The molecule has 120 valence electrons. The first kappa shape index (κ1) is 18.8. The first-order chi connectivity index (χ1) is 9.67. The van der Waals surface area contributed by atoms with Crippen LogP contribution >= 0.6 is 15.9 Å². The second-order valence-corrected chi connectivity index (χ2v) is 12.4. The van der Waals surface area contributed by atoms with Gasteiger partial charge in [0.2, 0.25) is 0 Å². The van der Waals surface area contributed by atoms with E-state index in [4.69, 9.17) is 13.9 Å². The van der Waals surface area contributed by atoms with E-state index in [2.05, 4.69) is 61.9 Å². The standard InChI is InChI=1S/C16H27BrO3Si/c1-16(2,3)21(5,6)20-11-15(19-12-18-4)13-7-9-14(17)10-8-13/h7-10,15H,11-12H2,1-6H3/t15-/m0/s1. The quantitative estimate of drug-likeness (QED) is 0.488. The molecule has 0 spiro atoms. The van der Waals surface area contributed by atoms with Gasteiger partial charge in [0.15, 0.2) is 8.32 Å². The highest BCUT2D eigenvalue weighted by atomic mass is 79.9. The fourth-order valence-corrected chi connectivity index (χ4v) is 2.83. The molecule has 1 aromatic rings. The highest BCUT2D eigenvalue weighted by Crippen LogP contribution is 2.37. The van der Waals surface area contributed by atoms with Gasteiger partial charge in [0.25, 0.3) is 0 Å². The first-order valence-electron chi connectivity index (χ1n) is 7.17. The van der Waals surface area contributed by atoms with Crippen LogP contribution < -0.4 is 0 Å². The minimum Gasteiger partial charge on any atom is -0.414 e. The van der Waals surface area contributed by atoms with E-state index in [1.165, 1.54) is 0 Å². The van der Waals surface area contributed by atoms with Gasteiger partial charge >= 0.3 is 0 Å². The molecule has 3 nitrogen and oxygen atoms in total. The Labute approximate surface area is 138 Å². The molecule has 0 saturated heterocycles. The SMILES string of the molecule is COCO[C@@H](CO[Si](C)(C)C(C)(C)C)c1ccc(Br)cc1. The zero-order valence-electron chi connectivity index (χ0n) is 13.9. The van der Waals surface area contributed by atoms with Crippen molar-refractivity contribution in [3.8, 4) is 0 Å². The predicted octanol–water partition coefficient (Wildman–Crippen LogP) is 5.13. The summed E-state index contributed by atoms with van der Waals surface area (Å²) >= 11 is 3.45. The van der Waals surface area contributed by atoms with E-state index < -0.39 is 8.32 Å². The zero-order chi connectivity index (χ0) is 16.1. The van der Waals surface area contributed by atoms with Crippen molar-refractivity contribution in [2.75, 3.05) is 20.5 Å². The van der Waals surface area contributed by atoms with Gasteiger partial charge < -0.3 is 13.9 Å². The molecular weight excluding hydrogens is 348 g/mol. The largest absolute Gasteiger partial charge is 0.414 e. The van der Waals surface area contributed by atoms with Crippen LogP contribution in [-0.4, -0.2) is 28.8 Å². The molecule has 0 aliphatic heterocycles. The fourth-order valence-electron chi connectivity index (χ4n) is 1.57. The van der Waals surface area contributed by atoms with Crippen LogP contribution in [0.15, 0.2) is 28.7 Å². The van der Waals surface area contributed by atoms with E-state index >= 15 is 0 Å². The molecule has 0 aliphatic carbocycles. The summed E-state index contributed by atoms with van der Waals surface area (Å²) < 4.78 is 18.2. The Morgan fingerprint density at radius 3 is 2.19 bits per heavy atom. The summed E-state index contributed by atoms with van der Waals surface area (Å²) in [6.07, 6.45) is -0.104. The topological polar surface area (TPSA) is 27.7 Å². The number of methoxy groups -OCH3 is 1. The molecule has 1 aromatic carbocycles. The number of halogens is 1. The molecule has 0 bridgehead atoms. The van der Waals surface area contributed by atoms with Gasteiger partial charge in [-0.25, -0.2) is 0 Å². The van der Waals surface area contributed by atoms with Crippen molar-refractivity contribution >= 4 is 24.2 Å². The Hall–Kier alpha value is -0.203. The monoisotopic (exact) mass is 374 g/mol. The van der Waals surface area contributed by atoms with Crippen molar-refractivity contribution in [3.63, 3.8) is 0 Å². The minimum absolute atomic E-state index is 0.104. The van der Waals surface area contributed by atoms with Gasteiger partial charge in [-0.05, 0) is 35.8 Å². The van der Waals surface area contributed by atoms with Crippen molar-refractivity contribution in [1.82, 2.24) is 0 Å². The molecule has 21 heavy (non-hydrogen) atoms. The van der Waals surface area contributed by atoms with Gasteiger partial charge in [0.05, 0.1) is 6.61 Å². The third kappa shape index (κ3) is 5.83. The van der Waals surface area contributed by atoms with Crippen molar-refractivity contribution in [3.05, 3.63) is 34.3 Å². The maximum Gasteiger partial charge on any atom is 0.192 e. The lowest BCUT2D eigenvalue weighted by molar-refractivity contribution is -0.0870. The van der Waals surface area contributed by atoms with Gasteiger partial charge in [0.1, 0.15) is 12.9 Å². The predicted molar refractivity (Wildman–Crippen MR) is 93.0 cm³/mol. The molecule has 0 heterocycles. The Balaban J connectivity index is 2.77. The summed E-state index contributed by atoms with van der Waals surface area (Å²) in [6.45, 7) is 12.0. The molecule has 0 radical (unpaired) electrons. The number of rotatable bonds is 7. The van der Waals surface area contributed by atoms with Gasteiger partial charge in [-0.2, -0.15) is 0 Å². The maximum atomic E-state index is 6.28. The lowest BCUT2D eigenvalue weighted by atomic mass is 10.1. The summed E-state index contributed by atoms with van der Waals surface area (Å²) in [4.78, 5) is 0. The third-order valence-electron chi connectivity index (χ3n) is 4.03. The summed E-state index contributed by atoms with van der Waals surface area (Å²) in [6, 6.07) is 8.15. The summed E-state index contributed by atoms with van der Waals surface area (Å²) in [7, 11) is -0.148. The lowest BCUT2D eigenvalue weighted by Gasteiger charge is -2.37. The molecular formula is C16H27BrO3Si. The molecule has 0 amide bonds. The Bertz CT molecular complexity index is 426. The maximum absolute atomic E-state index is 6.28. The molecule has 0 N–H and O–H groups in total. The van der Waals surface area contributed by atoms with Crippen LogP contribution in [0.3, 0.4) is 0 Å². The van der Waals surface area contributed by atoms with Gasteiger partial charge in [-0.3, -0.25) is 0 Å². The smallest absolute Gasteiger partial charge is 0.192 e. The Morgan fingerprint density at radius 2 is 1.71 bits per heavy atom. The average Bonchev–Trinajstić information content (AvgIpc) is 2.39. The molecule has 0 unspecified atom stereocenters. The number of hydrogen-bond donors (Lipinski definition) is 0. The Kier molecular flexibility index (Phi) is 7.07. The second kappa shape index (κ2) is 7.88. The van der Waals surface area contributed by atoms with E-state index in [0.29, 0.717) is 6.61 Å². The summed E-state index contributed by atoms with van der Waals surface area (Å²) in [5.41, 5.74) is 1.11. The van der Waals surface area contributed by atoms with Crippen molar-refractivity contribution in [2.45, 2.75) is 45.0 Å². The van der Waals surface area contributed by atoms with Crippen molar-refractivity contribution < 1.29 is 13.9 Å². The molecule has 0 fully saturated rings. The number of ether oxygens (including phenoxy) is 2. The van der Waals surface area contributed by atoms with Crippen molar-refractivity contribution in [2.24, 2.45) is 0 Å². The van der Waals surface area contributed by atoms with Crippen LogP contribution in [0.2, 0.25) is 18.1 Å². The number of hydrogen-bond acceptors (Lipinski definition) is 3. The highest BCUT2D eigenvalue weighted by molar-refractivity contribution is 9.10. The second-order valence-electron chi connectivity index (χ2n) is 6.68. The Morgan fingerprint density at radius 1 is 1.14 bits per heavy atom. The summed E-state index contributed by atoms with van der Waals surface area (Å²) in [5.74, 6) is 0. The van der Waals surface area contributed by atoms with E-state index in [0.717, 1.165) is 10.0 Å². The molecule has 0 saturated carbocycles. The number of benzene rings is 1. The van der Waals surface area contributed by atoms with Crippen LogP contribution in [0.25, 0.3) is 0 Å². The minimum atomic E-state index is -1.78. The normalized spacial score (nSPS) is 14.2. The van der Waals surface area contributed by atoms with Gasteiger partial charge in [0, 0.05) is 11.6 Å². The molecule has 1 atom stereocenters. The van der Waals surface area contributed by atoms with E-state index in [9.17, 15) is 0 Å². The van der Waals surface area contributed by atoms with E-state index in [1.807, 2.05) is 12.1 Å². The van der Waals surface area contributed by atoms with Crippen molar-refractivity contribution in [1.29, 1.82) is 0 Å². The summed E-state index contributed by atoms with van der Waals surface area (Å²) in [5, 5.41) is 0.193. The van der Waals surface area contributed by atoms with Crippen LogP contribution in [0.5, 0.6) is 0 Å². The zero-order valence-corrected chi connectivity index (χ0v) is 16.5. The van der Waals surface area contributed by atoms with Crippen LogP contribution in [0, 0.1) is 0 Å². The molecule has 5 heteroatoms. The van der Waals surface area contributed by atoms with Gasteiger partial charge in [-0.1, -0.05) is 48.8 Å². The van der Waals surface area contributed by atoms with Crippen LogP contribution in [0.1, 0.15) is 32.4 Å². The highest BCUT2D eigenvalue weighted by Gasteiger charge is 2.37. The molecule has 0 aliphatic rings. The molecule has 1 rings (SSSR count). The van der Waals surface area contributed by atoms with Crippen LogP contribution in [-0.2, 0) is 13.9 Å². The molecule has 0 aromatic heterocycles. The van der Waals surface area contributed by atoms with E-state index in [-0.39, 0.29) is 17.9 Å². The van der Waals surface area contributed by atoms with E-state index in [1.54, 1.807) is 7.11 Å². The van der Waals surface area contributed by atoms with Gasteiger partial charge in [-0.15, -0.1) is 0 Å². The fraction of sp³-hybridized carbons (Fsp3) is 0.625. The lowest BCUT2D eigenvalue weighted by Crippen LogP contribution is -2.42. The third-order valence-corrected chi connectivity index (χ3v) is 9.06.